The Kier molecular flexibility index (Phi) is 4.74. The maximum Gasteiger partial charge on any atom is 0.257 e. The number of rotatable bonds is 3. The number of fused-ring (bicyclic) bond motifs is 3. The van der Waals surface area contributed by atoms with Crippen LogP contribution in [0.3, 0.4) is 0 Å². The van der Waals surface area contributed by atoms with E-state index in [-0.39, 0.29) is 17.5 Å². The van der Waals surface area contributed by atoms with Crippen molar-refractivity contribution in [2.75, 3.05) is 36.8 Å². The molecular formula is C22H26N6O2S. The largest absolute Gasteiger partial charge is 0.352 e. The maximum absolute atomic E-state index is 13.0. The van der Waals surface area contributed by atoms with Gasteiger partial charge in [0, 0.05) is 43.9 Å². The minimum Gasteiger partial charge on any atom is -0.352 e. The number of piperazine rings is 1. The zero-order valence-corrected chi connectivity index (χ0v) is 18.4. The van der Waals surface area contributed by atoms with Gasteiger partial charge in [-0.15, -0.1) is 5.10 Å². The van der Waals surface area contributed by atoms with Gasteiger partial charge in [-0.3, -0.25) is 14.2 Å². The van der Waals surface area contributed by atoms with Gasteiger partial charge < -0.3 is 9.80 Å². The predicted molar refractivity (Wildman–Crippen MR) is 118 cm³/mol. The third-order valence-electron chi connectivity index (χ3n) is 7.05. The summed E-state index contributed by atoms with van der Waals surface area (Å²) in [6.07, 6.45) is 6.40. The summed E-state index contributed by atoms with van der Waals surface area (Å²) in [7, 11) is 0. The Morgan fingerprint density at radius 2 is 1.84 bits per heavy atom. The number of aromatic nitrogens is 4. The molecule has 0 spiro atoms. The minimum absolute atomic E-state index is 0.0836. The van der Waals surface area contributed by atoms with E-state index in [0.717, 1.165) is 78.9 Å². The number of nitrogens with zero attached hydrogens (tertiary/aromatic N) is 6. The lowest BCUT2D eigenvalue weighted by molar-refractivity contribution is -0.132. The monoisotopic (exact) mass is 438 g/mol. The highest BCUT2D eigenvalue weighted by molar-refractivity contribution is 7.99. The number of amides is 1. The second kappa shape index (κ2) is 7.62. The van der Waals surface area contributed by atoms with E-state index in [0.29, 0.717) is 19.5 Å². The zero-order valence-electron chi connectivity index (χ0n) is 17.5. The fourth-order valence-electron chi connectivity index (χ4n) is 5.29. The van der Waals surface area contributed by atoms with Crippen LogP contribution in [0.2, 0.25) is 0 Å². The molecule has 0 saturated carbocycles. The Balaban J connectivity index is 1.11. The Hall–Kier alpha value is -2.42. The van der Waals surface area contributed by atoms with Crippen LogP contribution in [0.1, 0.15) is 47.8 Å². The van der Waals surface area contributed by atoms with Crippen molar-refractivity contribution in [2.45, 2.75) is 56.1 Å². The molecular weight excluding hydrogens is 412 g/mol. The molecule has 8 nitrogen and oxygen atoms in total. The minimum atomic E-state index is -0.0843. The van der Waals surface area contributed by atoms with Gasteiger partial charge in [-0.2, -0.15) is 5.10 Å². The third-order valence-corrected chi connectivity index (χ3v) is 8.14. The molecule has 2 aliphatic carbocycles. The van der Waals surface area contributed by atoms with Gasteiger partial charge in [-0.05, 0) is 50.2 Å². The quantitative estimate of drug-likeness (QED) is 0.670. The normalized spacial score (nSPS) is 21.9. The van der Waals surface area contributed by atoms with Crippen molar-refractivity contribution >= 4 is 23.5 Å². The van der Waals surface area contributed by atoms with Crippen molar-refractivity contribution in [2.24, 2.45) is 0 Å². The standard InChI is InChI=1S/C22H26N6O2S/c29-20(12-15-13-31-22-23-18-6-2-4-16(18)21(30)28(15)22)27-9-7-26(8-10-27)19-11-14-3-1-5-17(14)24-25-19/h11,15H,1-10,12-13H2. The van der Waals surface area contributed by atoms with Crippen molar-refractivity contribution in [3.8, 4) is 0 Å². The van der Waals surface area contributed by atoms with Gasteiger partial charge in [0.25, 0.3) is 5.56 Å². The summed E-state index contributed by atoms with van der Waals surface area (Å²) in [6, 6.07) is 2.09. The van der Waals surface area contributed by atoms with Gasteiger partial charge in [0.15, 0.2) is 11.0 Å². The average molecular weight is 439 g/mol. The smallest absolute Gasteiger partial charge is 0.257 e. The van der Waals surface area contributed by atoms with Crippen molar-refractivity contribution in [3.63, 3.8) is 0 Å². The maximum atomic E-state index is 13.0. The summed E-state index contributed by atoms with van der Waals surface area (Å²) in [5, 5.41) is 9.61. The number of hydrogen-bond donors (Lipinski definition) is 0. The van der Waals surface area contributed by atoms with E-state index < -0.39 is 0 Å². The van der Waals surface area contributed by atoms with Crippen molar-refractivity contribution in [1.82, 2.24) is 24.6 Å². The van der Waals surface area contributed by atoms with Gasteiger partial charge >= 0.3 is 0 Å². The van der Waals surface area contributed by atoms with Gasteiger partial charge in [0.1, 0.15) is 0 Å². The van der Waals surface area contributed by atoms with E-state index in [1.54, 1.807) is 16.3 Å². The van der Waals surface area contributed by atoms with Crippen LogP contribution in [0.4, 0.5) is 5.82 Å². The third kappa shape index (κ3) is 3.33. The average Bonchev–Trinajstić information content (AvgIpc) is 3.53. The molecule has 2 aliphatic heterocycles. The number of anilines is 1. The first-order valence-corrected chi connectivity index (χ1v) is 12.3. The van der Waals surface area contributed by atoms with Gasteiger partial charge in [-0.1, -0.05) is 11.8 Å². The van der Waals surface area contributed by atoms with Crippen molar-refractivity contribution < 1.29 is 4.79 Å². The summed E-state index contributed by atoms with van der Waals surface area (Å²) in [4.78, 5) is 34.9. The van der Waals surface area contributed by atoms with Crippen LogP contribution in [0, 0.1) is 0 Å². The number of hydrogen-bond acceptors (Lipinski definition) is 7. The zero-order chi connectivity index (χ0) is 20.9. The molecule has 2 aromatic heterocycles. The lowest BCUT2D eigenvalue weighted by Crippen LogP contribution is -2.49. The van der Waals surface area contributed by atoms with E-state index in [4.69, 9.17) is 4.98 Å². The fourth-order valence-corrected chi connectivity index (χ4v) is 6.44. The van der Waals surface area contributed by atoms with Crippen LogP contribution in [0.15, 0.2) is 16.0 Å². The molecule has 1 amide bonds. The second-order valence-corrected chi connectivity index (χ2v) is 9.90. The fraction of sp³-hybridized carbons (Fsp3) is 0.591. The summed E-state index contributed by atoms with van der Waals surface area (Å²) in [5.41, 5.74) is 4.39. The first-order chi connectivity index (χ1) is 15.2. The SMILES string of the molecule is O=C(CC1CSc2nc3c(c(=O)n21)CCC3)N1CCN(c2cc3c(nn2)CCC3)CC1. The first-order valence-electron chi connectivity index (χ1n) is 11.3. The molecule has 1 unspecified atom stereocenters. The van der Waals surface area contributed by atoms with E-state index in [1.807, 2.05) is 4.90 Å². The molecule has 162 valence electrons. The lowest BCUT2D eigenvalue weighted by atomic mass is 10.1. The number of thioether (sulfide) groups is 1. The molecule has 0 aromatic carbocycles. The number of aryl methyl sites for hydroxylation is 3. The summed E-state index contributed by atoms with van der Waals surface area (Å²) >= 11 is 1.61. The highest BCUT2D eigenvalue weighted by Crippen LogP contribution is 2.34. The number of carbonyl (C=O) groups is 1. The van der Waals surface area contributed by atoms with Crippen LogP contribution in [0.25, 0.3) is 0 Å². The van der Waals surface area contributed by atoms with E-state index in [9.17, 15) is 9.59 Å². The Labute approximate surface area is 185 Å². The molecule has 4 aliphatic rings. The molecule has 1 atom stereocenters. The van der Waals surface area contributed by atoms with E-state index in [1.165, 1.54) is 12.0 Å². The van der Waals surface area contributed by atoms with Gasteiger partial charge in [0.2, 0.25) is 5.91 Å². The lowest BCUT2D eigenvalue weighted by Gasteiger charge is -2.35. The Morgan fingerprint density at radius 1 is 1.03 bits per heavy atom. The van der Waals surface area contributed by atoms with E-state index in [2.05, 4.69) is 21.2 Å². The molecule has 0 bridgehead atoms. The molecule has 4 heterocycles. The molecule has 2 aromatic rings. The highest BCUT2D eigenvalue weighted by atomic mass is 32.2. The van der Waals surface area contributed by atoms with Gasteiger partial charge in [-0.25, -0.2) is 4.98 Å². The predicted octanol–water partition coefficient (Wildman–Crippen LogP) is 1.40. The van der Waals surface area contributed by atoms with Crippen LogP contribution in [-0.4, -0.2) is 62.5 Å². The molecule has 0 N–H and O–H groups in total. The molecule has 1 saturated heterocycles. The van der Waals surface area contributed by atoms with Crippen LogP contribution < -0.4 is 10.5 Å². The van der Waals surface area contributed by atoms with Crippen molar-refractivity contribution in [3.05, 3.63) is 38.9 Å². The first kappa shape index (κ1) is 19.3. The molecule has 9 heteroatoms. The highest BCUT2D eigenvalue weighted by Gasteiger charge is 2.33. The molecule has 31 heavy (non-hydrogen) atoms. The van der Waals surface area contributed by atoms with Crippen molar-refractivity contribution in [1.29, 1.82) is 0 Å². The second-order valence-electron chi connectivity index (χ2n) is 8.91. The molecule has 1 fully saturated rings. The van der Waals surface area contributed by atoms with Crippen LogP contribution >= 0.6 is 11.8 Å². The summed E-state index contributed by atoms with van der Waals surface area (Å²) in [6.45, 7) is 2.90. The molecule has 6 rings (SSSR count). The van der Waals surface area contributed by atoms with Crippen LogP contribution in [0.5, 0.6) is 0 Å². The number of carbonyl (C=O) groups excluding carboxylic acids is 1. The Morgan fingerprint density at radius 3 is 2.71 bits per heavy atom. The van der Waals surface area contributed by atoms with Crippen LogP contribution in [-0.2, 0) is 30.5 Å². The molecule has 0 radical (unpaired) electrons. The summed E-state index contributed by atoms with van der Waals surface area (Å²) < 4.78 is 1.79. The topological polar surface area (TPSA) is 84.2 Å². The Bertz CT molecular complexity index is 1110. The summed E-state index contributed by atoms with van der Waals surface area (Å²) in [5.74, 6) is 1.81. The van der Waals surface area contributed by atoms with Gasteiger partial charge in [0.05, 0.1) is 17.4 Å². The van der Waals surface area contributed by atoms with E-state index >= 15 is 0 Å².